The van der Waals surface area contributed by atoms with Gasteiger partial charge in [0.25, 0.3) is 11.8 Å². The number of benzene rings is 1. The SMILES string of the molecule is CCCCC(=O)O[C@@H](C(=O)N[C@@H]1C(=O)N2C(C(=O)O)=C(C)CS[C@H]12)c1ccccc1. The molecule has 0 aliphatic carbocycles. The number of β-lactam (4-membered cyclic amide) rings is 1. The Bertz CT molecular complexity index is 885. The monoisotopic (exact) mass is 432 g/mol. The molecule has 2 aliphatic heterocycles. The second-order valence-electron chi connectivity index (χ2n) is 7.21. The zero-order valence-corrected chi connectivity index (χ0v) is 17.6. The summed E-state index contributed by atoms with van der Waals surface area (Å²) in [6.07, 6.45) is 0.498. The van der Waals surface area contributed by atoms with E-state index in [2.05, 4.69) is 5.32 Å². The minimum atomic E-state index is -1.18. The van der Waals surface area contributed by atoms with E-state index in [0.717, 1.165) is 6.42 Å². The highest BCUT2D eigenvalue weighted by molar-refractivity contribution is 8.00. The van der Waals surface area contributed by atoms with Crippen LogP contribution < -0.4 is 5.32 Å². The molecule has 1 fully saturated rings. The van der Waals surface area contributed by atoms with Crippen molar-refractivity contribution in [1.82, 2.24) is 10.2 Å². The van der Waals surface area contributed by atoms with Crippen LogP contribution in [0.5, 0.6) is 0 Å². The first-order valence-electron chi connectivity index (χ1n) is 9.77. The van der Waals surface area contributed by atoms with Crippen molar-refractivity contribution in [2.45, 2.75) is 50.6 Å². The molecule has 3 atom stereocenters. The first-order valence-corrected chi connectivity index (χ1v) is 10.8. The lowest BCUT2D eigenvalue weighted by molar-refractivity contribution is -0.159. The maximum Gasteiger partial charge on any atom is 0.352 e. The highest BCUT2D eigenvalue weighted by Gasteiger charge is 2.54. The van der Waals surface area contributed by atoms with Crippen molar-refractivity contribution < 1.29 is 29.0 Å². The number of fused-ring (bicyclic) bond motifs is 1. The van der Waals surface area contributed by atoms with Gasteiger partial charge in [-0.25, -0.2) is 4.79 Å². The normalized spacial score (nSPS) is 21.4. The Kier molecular flexibility index (Phi) is 6.81. The molecule has 0 spiro atoms. The lowest BCUT2D eigenvalue weighted by atomic mass is 10.0. The van der Waals surface area contributed by atoms with Crippen LogP contribution in [0.25, 0.3) is 0 Å². The van der Waals surface area contributed by atoms with Gasteiger partial charge in [-0.1, -0.05) is 43.7 Å². The second-order valence-corrected chi connectivity index (χ2v) is 8.32. The smallest absolute Gasteiger partial charge is 0.352 e. The molecular weight excluding hydrogens is 408 g/mol. The summed E-state index contributed by atoms with van der Waals surface area (Å²) in [6.45, 7) is 3.62. The predicted octanol–water partition coefficient (Wildman–Crippen LogP) is 2.22. The fourth-order valence-electron chi connectivity index (χ4n) is 3.42. The van der Waals surface area contributed by atoms with Gasteiger partial charge in [-0.15, -0.1) is 11.8 Å². The number of carbonyl (C=O) groups is 4. The number of amides is 2. The summed E-state index contributed by atoms with van der Waals surface area (Å²) in [6, 6.07) is 7.73. The molecule has 2 heterocycles. The van der Waals surface area contributed by atoms with Gasteiger partial charge in [0, 0.05) is 17.7 Å². The van der Waals surface area contributed by atoms with Crippen LogP contribution in [0.2, 0.25) is 0 Å². The maximum absolute atomic E-state index is 13.0. The van der Waals surface area contributed by atoms with Crippen molar-refractivity contribution in [3.05, 3.63) is 47.2 Å². The van der Waals surface area contributed by atoms with E-state index >= 15 is 0 Å². The molecule has 3 rings (SSSR count). The van der Waals surface area contributed by atoms with Gasteiger partial charge < -0.3 is 15.2 Å². The Morgan fingerprint density at radius 3 is 2.63 bits per heavy atom. The zero-order valence-electron chi connectivity index (χ0n) is 16.8. The van der Waals surface area contributed by atoms with Crippen LogP contribution in [-0.2, 0) is 23.9 Å². The van der Waals surface area contributed by atoms with Crippen LogP contribution in [0.15, 0.2) is 41.6 Å². The number of hydrogen-bond donors (Lipinski definition) is 2. The van der Waals surface area contributed by atoms with E-state index in [1.165, 1.54) is 16.7 Å². The average Bonchev–Trinajstić information content (AvgIpc) is 2.74. The molecule has 0 aromatic heterocycles. The fourth-order valence-corrected chi connectivity index (χ4v) is 4.71. The number of rotatable bonds is 8. The van der Waals surface area contributed by atoms with E-state index in [9.17, 15) is 24.3 Å². The number of ether oxygens (including phenoxy) is 1. The molecule has 2 aliphatic rings. The molecule has 1 aromatic rings. The molecule has 1 saturated heterocycles. The van der Waals surface area contributed by atoms with Gasteiger partial charge in [0.15, 0.2) is 0 Å². The van der Waals surface area contributed by atoms with Crippen molar-refractivity contribution in [2.75, 3.05) is 5.75 Å². The van der Waals surface area contributed by atoms with Crippen molar-refractivity contribution >= 4 is 35.5 Å². The number of carbonyl (C=O) groups excluding carboxylic acids is 3. The lowest BCUT2D eigenvalue weighted by Gasteiger charge is -2.49. The molecule has 8 nitrogen and oxygen atoms in total. The van der Waals surface area contributed by atoms with E-state index in [4.69, 9.17) is 4.74 Å². The third kappa shape index (κ3) is 4.35. The molecule has 0 bridgehead atoms. The molecule has 2 N–H and O–H groups in total. The van der Waals surface area contributed by atoms with Crippen LogP contribution in [0.3, 0.4) is 0 Å². The minimum absolute atomic E-state index is 0.0279. The summed E-state index contributed by atoms with van der Waals surface area (Å²) in [5.74, 6) is -2.28. The zero-order chi connectivity index (χ0) is 21.8. The molecule has 30 heavy (non-hydrogen) atoms. The third-order valence-electron chi connectivity index (χ3n) is 4.98. The number of aliphatic carboxylic acids is 1. The van der Waals surface area contributed by atoms with E-state index in [1.54, 1.807) is 37.3 Å². The summed E-state index contributed by atoms with van der Waals surface area (Å²) in [7, 11) is 0. The van der Waals surface area contributed by atoms with E-state index < -0.39 is 41.3 Å². The maximum atomic E-state index is 13.0. The summed E-state index contributed by atoms with van der Waals surface area (Å²) in [4.78, 5) is 50.5. The van der Waals surface area contributed by atoms with Crippen LogP contribution in [-0.4, -0.2) is 50.9 Å². The Balaban J connectivity index is 1.74. The molecule has 160 valence electrons. The number of carboxylic acid groups (broad SMARTS) is 1. The molecule has 0 unspecified atom stereocenters. The Morgan fingerprint density at radius 2 is 2.00 bits per heavy atom. The van der Waals surface area contributed by atoms with Crippen LogP contribution >= 0.6 is 11.8 Å². The number of thioether (sulfide) groups is 1. The number of esters is 1. The van der Waals surface area contributed by atoms with Gasteiger partial charge in [0.2, 0.25) is 6.10 Å². The second kappa shape index (κ2) is 9.34. The van der Waals surface area contributed by atoms with Gasteiger partial charge in [0.05, 0.1) is 0 Å². The Morgan fingerprint density at radius 1 is 1.30 bits per heavy atom. The highest BCUT2D eigenvalue weighted by Crippen LogP contribution is 2.40. The van der Waals surface area contributed by atoms with Crippen LogP contribution in [0.1, 0.15) is 44.8 Å². The van der Waals surface area contributed by atoms with E-state index in [-0.39, 0.29) is 12.1 Å². The summed E-state index contributed by atoms with van der Waals surface area (Å²) in [5, 5.41) is 11.6. The van der Waals surface area contributed by atoms with Gasteiger partial charge in [-0.3, -0.25) is 19.3 Å². The van der Waals surface area contributed by atoms with Crippen LogP contribution in [0, 0.1) is 0 Å². The molecule has 0 radical (unpaired) electrons. The van der Waals surface area contributed by atoms with Gasteiger partial charge in [-0.2, -0.15) is 0 Å². The summed E-state index contributed by atoms with van der Waals surface area (Å²) < 4.78 is 5.43. The first kappa shape index (κ1) is 21.9. The minimum Gasteiger partial charge on any atom is -0.477 e. The molecular formula is C21H24N2O6S. The molecule has 1 aromatic carbocycles. The summed E-state index contributed by atoms with van der Waals surface area (Å²) in [5.41, 5.74) is 1.08. The van der Waals surface area contributed by atoms with Crippen molar-refractivity contribution in [2.24, 2.45) is 0 Å². The fraction of sp³-hybridized carbons (Fsp3) is 0.429. The molecule has 9 heteroatoms. The first-order chi connectivity index (χ1) is 14.3. The lowest BCUT2D eigenvalue weighted by Crippen LogP contribution is -2.70. The number of nitrogens with zero attached hydrogens (tertiary/aromatic N) is 1. The van der Waals surface area contributed by atoms with Crippen molar-refractivity contribution in [3.8, 4) is 0 Å². The van der Waals surface area contributed by atoms with E-state index in [1.807, 2.05) is 6.92 Å². The van der Waals surface area contributed by atoms with Gasteiger partial charge >= 0.3 is 11.9 Å². The quantitative estimate of drug-likeness (QED) is 0.478. The van der Waals surface area contributed by atoms with E-state index in [0.29, 0.717) is 23.3 Å². The Hall–Kier alpha value is -2.81. The van der Waals surface area contributed by atoms with Crippen molar-refractivity contribution in [3.63, 3.8) is 0 Å². The largest absolute Gasteiger partial charge is 0.477 e. The van der Waals surface area contributed by atoms with Crippen molar-refractivity contribution in [1.29, 1.82) is 0 Å². The predicted molar refractivity (Wildman–Crippen MR) is 110 cm³/mol. The number of hydrogen-bond acceptors (Lipinski definition) is 6. The average molecular weight is 432 g/mol. The number of carboxylic acids is 1. The Labute approximate surface area is 178 Å². The standard InChI is InChI=1S/C21H24N2O6S/c1-3-4-10-14(24)29-17(13-8-6-5-7-9-13)18(25)22-15-19(26)23-16(21(27)28)12(2)11-30-20(15)23/h5-9,15,17,20H,3-4,10-11H2,1-2H3,(H,22,25)(H,27,28)/t15-,17-,20-/m1/s1. The molecule has 2 amide bonds. The summed E-state index contributed by atoms with van der Waals surface area (Å²) >= 11 is 1.39. The van der Waals surface area contributed by atoms with Gasteiger partial charge in [0.1, 0.15) is 17.1 Å². The number of nitrogens with one attached hydrogen (secondary N) is 1. The highest BCUT2D eigenvalue weighted by atomic mass is 32.2. The number of unbranched alkanes of at least 4 members (excludes halogenated alkanes) is 1. The van der Waals surface area contributed by atoms with Crippen LogP contribution in [0.4, 0.5) is 0 Å². The van der Waals surface area contributed by atoms with Gasteiger partial charge in [-0.05, 0) is 18.9 Å². The third-order valence-corrected chi connectivity index (χ3v) is 6.41. The molecule has 0 saturated carbocycles. The topological polar surface area (TPSA) is 113 Å².